The van der Waals surface area contributed by atoms with Crippen LogP contribution < -0.4 is 0 Å². The van der Waals surface area contributed by atoms with Crippen molar-refractivity contribution in [1.29, 1.82) is 5.26 Å². The van der Waals surface area contributed by atoms with Gasteiger partial charge in [0.25, 0.3) is 0 Å². The van der Waals surface area contributed by atoms with Gasteiger partial charge in [0.05, 0.1) is 11.6 Å². The van der Waals surface area contributed by atoms with Gasteiger partial charge in [-0.1, -0.05) is 0 Å². The van der Waals surface area contributed by atoms with E-state index in [1.807, 2.05) is 0 Å². The molecule has 2 nitrogen and oxygen atoms in total. The van der Waals surface area contributed by atoms with E-state index in [1.54, 1.807) is 26.0 Å². The van der Waals surface area contributed by atoms with Crippen molar-refractivity contribution in [1.82, 2.24) is 0 Å². The molecule has 0 saturated heterocycles. The summed E-state index contributed by atoms with van der Waals surface area (Å²) in [4.78, 5) is 0. The third kappa shape index (κ3) is 1.32. The van der Waals surface area contributed by atoms with E-state index in [-0.39, 0.29) is 5.75 Å². The molecule has 0 spiro atoms. The molecule has 0 fully saturated rings. The first-order valence-electron chi connectivity index (χ1n) is 3.35. The molecule has 0 heterocycles. The van der Waals surface area contributed by atoms with E-state index >= 15 is 0 Å². The summed E-state index contributed by atoms with van der Waals surface area (Å²) in [7, 11) is 0. The summed E-state index contributed by atoms with van der Waals surface area (Å²) in [6.07, 6.45) is 0. The first-order chi connectivity index (χ1) is 5.15. The predicted octanol–water partition coefficient (Wildman–Crippen LogP) is 1.88. The highest BCUT2D eigenvalue weighted by Gasteiger charge is 2.01. The Morgan fingerprint density at radius 2 is 1.91 bits per heavy atom. The lowest BCUT2D eigenvalue weighted by Crippen LogP contribution is -1.84. The van der Waals surface area contributed by atoms with Crippen LogP contribution in [0.25, 0.3) is 0 Å². The molecule has 11 heavy (non-hydrogen) atoms. The number of nitrogens with zero attached hydrogens (tertiary/aromatic N) is 1. The molecule has 1 N–H and O–H groups in total. The summed E-state index contributed by atoms with van der Waals surface area (Å²) in [6.45, 7) is 3.58. The molecule has 0 amide bonds. The summed E-state index contributed by atoms with van der Waals surface area (Å²) in [5.41, 5.74) is 2.18. The third-order valence-electron chi connectivity index (χ3n) is 1.66. The first-order valence-corrected chi connectivity index (χ1v) is 3.35. The highest BCUT2D eigenvalue weighted by molar-refractivity contribution is 5.45. The van der Waals surface area contributed by atoms with Gasteiger partial charge in [0.15, 0.2) is 0 Å². The summed E-state index contributed by atoms with van der Waals surface area (Å²) in [6, 6.07) is 5.34. The fourth-order valence-corrected chi connectivity index (χ4v) is 0.921. The monoisotopic (exact) mass is 147 g/mol. The molecule has 56 valence electrons. The molecule has 0 bridgehead atoms. The van der Waals surface area contributed by atoms with Crippen LogP contribution in [-0.2, 0) is 0 Å². The minimum atomic E-state index is 0.251. The first kappa shape index (κ1) is 7.62. The molecular formula is C9H9NO. The quantitative estimate of drug-likeness (QED) is 0.608. The number of rotatable bonds is 0. The molecule has 1 aromatic rings. The molecule has 0 aromatic heterocycles. The van der Waals surface area contributed by atoms with Crippen LogP contribution in [0.1, 0.15) is 16.7 Å². The van der Waals surface area contributed by atoms with Crippen LogP contribution in [0.4, 0.5) is 0 Å². The topological polar surface area (TPSA) is 44.0 Å². The Morgan fingerprint density at radius 3 is 2.45 bits per heavy atom. The van der Waals surface area contributed by atoms with Crippen LogP contribution in [0.5, 0.6) is 5.75 Å². The number of benzene rings is 1. The average molecular weight is 147 g/mol. The van der Waals surface area contributed by atoms with Crippen molar-refractivity contribution in [2.45, 2.75) is 13.8 Å². The minimum Gasteiger partial charge on any atom is -0.508 e. The van der Waals surface area contributed by atoms with Gasteiger partial charge >= 0.3 is 0 Å². The smallest absolute Gasteiger partial charge is 0.118 e. The molecule has 1 rings (SSSR count). The fraction of sp³-hybridized carbons (Fsp3) is 0.222. The third-order valence-corrected chi connectivity index (χ3v) is 1.66. The Bertz CT molecular complexity index is 323. The van der Waals surface area contributed by atoms with E-state index in [0.29, 0.717) is 5.56 Å². The van der Waals surface area contributed by atoms with E-state index in [2.05, 4.69) is 6.07 Å². The van der Waals surface area contributed by atoms with E-state index in [1.165, 1.54) is 0 Å². The summed E-state index contributed by atoms with van der Waals surface area (Å²) in [5.74, 6) is 0.251. The van der Waals surface area contributed by atoms with Gasteiger partial charge in [0.1, 0.15) is 5.75 Å². The van der Waals surface area contributed by atoms with Crippen molar-refractivity contribution >= 4 is 0 Å². The second kappa shape index (κ2) is 2.63. The summed E-state index contributed by atoms with van der Waals surface area (Å²) >= 11 is 0. The second-order valence-electron chi connectivity index (χ2n) is 2.57. The van der Waals surface area contributed by atoms with E-state index < -0.39 is 0 Å². The fourth-order valence-electron chi connectivity index (χ4n) is 0.921. The average Bonchev–Trinajstić information content (AvgIpc) is 1.97. The Balaban J connectivity index is 3.35. The molecule has 0 radical (unpaired) electrons. The Labute approximate surface area is 65.7 Å². The van der Waals surface area contributed by atoms with Crippen LogP contribution in [0.2, 0.25) is 0 Å². The van der Waals surface area contributed by atoms with Crippen LogP contribution in [-0.4, -0.2) is 5.11 Å². The van der Waals surface area contributed by atoms with Crippen LogP contribution in [0.3, 0.4) is 0 Å². The van der Waals surface area contributed by atoms with Crippen molar-refractivity contribution in [3.05, 3.63) is 28.8 Å². The lowest BCUT2D eigenvalue weighted by atomic mass is 10.1. The molecule has 0 aliphatic carbocycles. The van der Waals surface area contributed by atoms with Gasteiger partial charge in [-0.25, -0.2) is 0 Å². The van der Waals surface area contributed by atoms with Gasteiger partial charge in [-0.2, -0.15) is 5.26 Å². The largest absolute Gasteiger partial charge is 0.508 e. The van der Waals surface area contributed by atoms with Crippen molar-refractivity contribution < 1.29 is 5.11 Å². The zero-order valence-corrected chi connectivity index (χ0v) is 6.55. The van der Waals surface area contributed by atoms with E-state index in [0.717, 1.165) is 11.1 Å². The number of hydrogen-bond donors (Lipinski definition) is 1. The standard InChI is InChI=1S/C9H9NO/c1-6-4-9(11)7(2)3-8(6)5-10/h3-4,11H,1-2H3. The summed E-state index contributed by atoms with van der Waals surface area (Å²) < 4.78 is 0. The van der Waals surface area contributed by atoms with Gasteiger partial charge in [-0.15, -0.1) is 0 Å². The molecule has 0 unspecified atom stereocenters. The van der Waals surface area contributed by atoms with Crippen molar-refractivity contribution in [3.8, 4) is 11.8 Å². The SMILES string of the molecule is Cc1cc(C#N)c(C)cc1O. The molecule has 0 aliphatic heterocycles. The Morgan fingerprint density at radius 1 is 1.27 bits per heavy atom. The molecular weight excluding hydrogens is 138 g/mol. The highest BCUT2D eigenvalue weighted by Crippen LogP contribution is 2.20. The minimum absolute atomic E-state index is 0.251. The number of phenolic OH excluding ortho intramolecular Hbond substituents is 1. The van der Waals surface area contributed by atoms with Crippen LogP contribution >= 0.6 is 0 Å². The van der Waals surface area contributed by atoms with Crippen molar-refractivity contribution in [2.24, 2.45) is 0 Å². The Kier molecular flexibility index (Phi) is 1.82. The van der Waals surface area contributed by atoms with Gasteiger partial charge in [0, 0.05) is 0 Å². The predicted molar refractivity (Wildman–Crippen MR) is 42.3 cm³/mol. The number of aryl methyl sites for hydroxylation is 2. The molecule has 0 aliphatic rings. The van der Waals surface area contributed by atoms with Gasteiger partial charge in [-0.05, 0) is 37.1 Å². The Hall–Kier alpha value is -1.49. The number of aromatic hydroxyl groups is 1. The molecule has 1 aromatic carbocycles. The maximum absolute atomic E-state index is 9.21. The van der Waals surface area contributed by atoms with Crippen molar-refractivity contribution in [2.75, 3.05) is 0 Å². The van der Waals surface area contributed by atoms with Crippen molar-refractivity contribution in [3.63, 3.8) is 0 Å². The maximum Gasteiger partial charge on any atom is 0.118 e. The van der Waals surface area contributed by atoms with Gasteiger partial charge < -0.3 is 5.11 Å². The number of hydrogen-bond acceptors (Lipinski definition) is 2. The zero-order chi connectivity index (χ0) is 8.43. The lowest BCUT2D eigenvalue weighted by Gasteiger charge is -2.01. The molecule has 2 heteroatoms. The maximum atomic E-state index is 9.21. The van der Waals surface area contributed by atoms with Crippen LogP contribution in [0, 0.1) is 25.2 Å². The van der Waals surface area contributed by atoms with Gasteiger partial charge in [-0.3, -0.25) is 0 Å². The zero-order valence-electron chi connectivity index (χ0n) is 6.55. The second-order valence-corrected chi connectivity index (χ2v) is 2.57. The highest BCUT2D eigenvalue weighted by atomic mass is 16.3. The number of nitriles is 1. The molecule has 0 saturated carbocycles. The number of phenols is 1. The van der Waals surface area contributed by atoms with E-state index in [4.69, 9.17) is 5.26 Å². The summed E-state index contributed by atoms with van der Waals surface area (Å²) in [5, 5.41) is 17.8. The lowest BCUT2D eigenvalue weighted by molar-refractivity contribution is 0.470. The van der Waals surface area contributed by atoms with Gasteiger partial charge in [0.2, 0.25) is 0 Å². The van der Waals surface area contributed by atoms with E-state index in [9.17, 15) is 5.11 Å². The molecule has 0 atom stereocenters. The normalized spacial score (nSPS) is 9.18. The van der Waals surface area contributed by atoms with Crippen LogP contribution in [0.15, 0.2) is 12.1 Å².